The molecule has 0 amide bonds. The van der Waals surface area contributed by atoms with Crippen molar-refractivity contribution in [3.8, 4) is 0 Å². The molecule has 0 bridgehead atoms. The smallest absolute Gasteiger partial charge is 0.0465 e. The van der Waals surface area contributed by atoms with Crippen LogP contribution in [0.4, 0.5) is 0 Å². The first kappa shape index (κ1) is 14.0. The molecular weight excluding hydrogens is 307 g/mol. The molecule has 0 nitrogen and oxygen atoms in total. The van der Waals surface area contributed by atoms with Gasteiger partial charge in [0.2, 0.25) is 0 Å². The molecule has 0 saturated carbocycles. The van der Waals surface area contributed by atoms with Gasteiger partial charge in [0.1, 0.15) is 0 Å². The first-order chi connectivity index (χ1) is 7.33. The Hall–Kier alpha value is -0.0500. The summed E-state index contributed by atoms with van der Waals surface area (Å²) in [7, 11) is 0. The summed E-state index contributed by atoms with van der Waals surface area (Å²) < 4.78 is 0.314. The lowest BCUT2D eigenvalue weighted by Gasteiger charge is -2.26. The normalized spacial score (nSPS) is 12.9. The lowest BCUT2D eigenvalue weighted by molar-refractivity contribution is 0.585. The zero-order valence-corrected chi connectivity index (χ0v) is 13.3. The summed E-state index contributed by atoms with van der Waals surface area (Å²) in [6.45, 7) is 11.3. The molecule has 1 heteroatoms. The number of halogens is 1. The number of hydrogen-bond donors (Lipinski definition) is 0. The second-order valence-corrected chi connectivity index (χ2v) is 7.56. The van der Waals surface area contributed by atoms with E-state index < -0.39 is 0 Å². The quantitative estimate of drug-likeness (QED) is 0.512. The molecule has 0 atom stereocenters. The second-order valence-electron chi connectivity index (χ2n) is 5.50. The molecule has 0 saturated heterocycles. The van der Waals surface area contributed by atoms with Gasteiger partial charge in [-0.25, -0.2) is 0 Å². The summed E-state index contributed by atoms with van der Waals surface area (Å²) in [5.41, 5.74) is 3.14. The third-order valence-electron chi connectivity index (χ3n) is 3.39. The molecule has 0 radical (unpaired) electrons. The number of alkyl halides is 1. The molecule has 0 aliphatic rings. The lowest BCUT2D eigenvalue weighted by Crippen LogP contribution is -2.16. The first-order valence-corrected chi connectivity index (χ1v) is 7.21. The fourth-order valence-electron chi connectivity index (χ4n) is 1.93. The summed E-state index contributed by atoms with van der Waals surface area (Å²) in [5, 5.41) is 0. The van der Waals surface area contributed by atoms with Crippen LogP contribution in [0.1, 0.15) is 58.6 Å². The van der Waals surface area contributed by atoms with Crippen molar-refractivity contribution >= 4 is 22.6 Å². The standard InChI is InChI=1S/C15H23I/c1-6-15(16,7-2)13-10-8-12(9-11-13)14(3,4)5/h8-11H,6-7H2,1-5H3. The van der Waals surface area contributed by atoms with Crippen LogP contribution in [-0.4, -0.2) is 0 Å². The summed E-state index contributed by atoms with van der Waals surface area (Å²) in [6.07, 6.45) is 2.39. The van der Waals surface area contributed by atoms with E-state index >= 15 is 0 Å². The molecule has 0 spiro atoms. The summed E-state index contributed by atoms with van der Waals surface area (Å²) in [5.74, 6) is 0. The Bertz CT molecular complexity index is 325. The van der Waals surface area contributed by atoms with Gasteiger partial charge in [-0.05, 0) is 29.4 Å². The summed E-state index contributed by atoms with van der Waals surface area (Å²) in [4.78, 5) is 0. The second kappa shape index (κ2) is 5.07. The Morgan fingerprint density at radius 2 is 1.25 bits per heavy atom. The Kier molecular flexibility index (Phi) is 4.44. The van der Waals surface area contributed by atoms with Gasteiger partial charge in [-0.3, -0.25) is 0 Å². The van der Waals surface area contributed by atoms with Gasteiger partial charge in [0.25, 0.3) is 0 Å². The van der Waals surface area contributed by atoms with Crippen LogP contribution in [0.2, 0.25) is 0 Å². The molecule has 16 heavy (non-hydrogen) atoms. The third kappa shape index (κ3) is 2.99. The molecule has 0 aliphatic heterocycles. The van der Waals surface area contributed by atoms with E-state index in [1.54, 1.807) is 0 Å². The number of rotatable bonds is 3. The molecule has 0 unspecified atom stereocenters. The van der Waals surface area contributed by atoms with Crippen molar-refractivity contribution in [3.63, 3.8) is 0 Å². The van der Waals surface area contributed by atoms with Gasteiger partial charge in [-0.1, -0.05) is 81.5 Å². The van der Waals surface area contributed by atoms with Crippen molar-refractivity contribution in [2.45, 2.75) is 56.3 Å². The number of benzene rings is 1. The van der Waals surface area contributed by atoms with Crippen LogP contribution in [0, 0.1) is 0 Å². The Labute approximate surface area is 114 Å². The highest BCUT2D eigenvalue weighted by Crippen LogP contribution is 2.39. The highest BCUT2D eigenvalue weighted by atomic mass is 127. The van der Waals surface area contributed by atoms with Gasteiger partial charge >= 0.3 is 0 Å². The van der Waals surface area contributed by atoms with Crippen LogP contribution in [-0.2, 0) is 8.84 Å². The fraction of sp³-hybridized carbons (Fsp3) is 0.600. The van der Waals surface area contributed by atoms with Crippen molar-refractivity contribution < 1.29 is 0 Å². The fourth-order valence-corrected chi connectivity index (χ4v) is 2.29. The third-order valence-corrected chi connectivity index (χ3v) is 5.54. The van der Waals surface area contributed by atoms with Gasteiger partial charge < -0.3 is 0 Å². The van der Waals surface area contributed by atoms with E-state index in [4.69, 9.17) is 0 Å². The van der Waals surface area contributed by atoms with E-state index in [2.05, 4.69) is 81.5 Å². The maximum atomic E-state index is 2.60. The SMILES string of the molecule is CCC(I)(CC)c1ccc(C(C)(C)C)cc1. The van der Waals surface area contributed by atoms with Gasteiger partial charge in [-0.2, -0.15) is 0 Å². The largest absolute Gasteiger partial charge is 0.0737 e. The monoisotopic (exact) mass is 330 g/mol. The molecule has 1 rings (SSSR count). The van der Waals surface area contributed by atoms with Crippen molar-refractivity contribution in [3.05, 3.63) is 35.4 Å². The van der Waals surface area contributed by atoms with Crippen molar-refractivity contribution in [1.29, 1.82) is 0 Å². The minimum Gasteiger partial charge on any atom is -0.0737 e. The molecule has 1 aromatic carbocycles. The topological polar surface area (TPSA) is 0 Å². The van der Waals surface area contributed by atoms with Crippen LogP contribution in [0.3, 0.4) is 0 Å². The van der Waals surface area contributed by atoms with E-state index in [1.165, 1.54) is 24.0 Å². The van der Waals surface area contributed by atoms with Crippen molar-refractivity contribution in [2.24, 2.45) is 0 Å². The Balaban J connectivity index is 3.04. The van der Waals surface area contributed by atoms with Crippen LogP contribution in [0.25, 0.3) is 0 Å². The van der Waals surface area contributed by atoms with Gasteiger partial charge in [0.15, 0.2) is 0 Å². The van der Waals surface area contributed by atoms with Crippen LogP contribution in [0.15, 0.2) is 24.3 Å². The Morgan fingerprint density at radius 3 is 1.56 bits per heavy atom. The molecule has 0 N–H and O–H groups in total. The minimum atomic E-state index is 0.255. The lowest BCUT2D eigenvalue weighted by atomic mass is 9.85. The van der Waals surface area contributed by atoms with E-state index in [9.17, 15) is 0 Å². The maximum absolute atomic E-state index is 2.60. The van der Waals surface area contributed by atoms with Gasteiger partial charge in [-0.15, -0.1) is 0 Å². The average Bonchev–Trinajstić information content (AvgIpc) is 2.27. The van der Waals surface area contributed by atoms with Crippen molar-refractivity contribution in [2.75, 3.05) is 0 Å². The molecule has 0 fully saturated rings. The van der Waals surface area contributed by atoms with Crippen LogP contribution in [0.5, 0.6) is 0 Å². The molecule has 90 valence electrons. The molecule has 0 aliphatic carbocycles. The summed E-state index contributed by atoms with van der Waals surface area (Å²) in [6, 6.07) is 9.18. The molecule has 0 heterocycles. The van der Waals surface area contributed by atoms with Crippen molar-refractivity contribution in [1.82, 2.24) is 0 Å². The van der Waals surface area contributed by atoms with E-state index in [-0.39, 0.29) is 5.41 Å². The number of hydrogen-bond acceptors (Lipinski definition) is 0. The molecular formula is C15H23I. The predicted octanol–water partition coefficient (Wildman–Crippen LogP) is 5.43. The van der Waals surface area contributed by atoms with E-state index in [0.29, 0.717) is 3.42 Å². The molecule has 1 aromatic rings. The van der Waals surface area contributed by atoms with Crippen LogP contribution < -0.4 is 0 Å². The van der Waals surface area contributed by atoms with Gasteiger partial charge in [0, 0.05) is 3.42 Å². The Morgan fingerprint density at radius 1 is 0.875 bits per heavy atom. The zero-order valence-electron chi connectivity index (χ0n) is 11.1. The van der Waals surface area contributed by atoms with Crippen LogP contribution >= 0.6 is 22.6 Å². The molecule has 0 aromatic heterocycles. The zero-order chi connectivity index (χ0) is 12.4. The predicted molar refractivity (Wildman–Crippen MR) is 81.4 cm³/mol. The van der Waals surface area contributed by atoms with E-state index in [0.717, 1.165) is 0 Å². The maximum Gasteiger partial charge on any atom is 0.0465 e. The van der Waals surface area contributed by atoms with E-state index in [1.807, 2.05) is 0 Å². The highest BCUT2D eigenvalue weighted by molar-refractivity contribution is 14.1. The average molecular weight is 330 g/mol. The summed E-state index contributed by atoms with van der Waals surface area (Å²) >= 11 is 2.60. The minimum absolute atomic E-state index is 0.255. The van der Waals surface area contributed by atoms with Gasteiger partial charge in [0.05, 0.1) is 0 Å². The first-order valence-electron chi connectivity index (χ1n) is 6.13. The highest BCUT2D eigenvalue weighted by Gasteiger charge is 2.24.